The van der Waals surface area contributed by atoms with Gasteiger partial charge in [0, 0.05) is 6.54 Å². The first-order chi connectivity index (χ1) is 14.7. The lowest BCUT2D eigenvalue weighted by Gasteiger charge is -2.04. The summed E-state index contributed by atoms with van der Waals surface area (Å²) in [6, 6.07) is 17.2. The van der Waals surface area contributed by atoms with Crippen molar-refractivity contribution in [1.82, 2.24) is 20.0 Å². The number of amides is 1. The predicted octanol–water partition coefficient (Wildman–Crippen LogP) is 3.97. The average Bonchev–Trinajstić information content (AvgIpc) is 3.04. The van der Waals surface area contributed by atoms with E-state index in [4.69, 9.17) is 10.7 Å². The number of hydrogen-bond donors (Lipinski definition) is 2. The van der Waals surface area contributed by atoms with Gasteiger partial charge in [0.25, 0.3) is 5.91 Å². The van der Waals surface area contributed by atoms with E-state index < -0.39 is 0 Å². The summed E-state index contributed by atoms with van der Waals surface area (Å²) in [7, 11) is 0. The van der Waals surface area contributed by atoms with Crippen LogP contribution < -0.4 is 11.1 Å². The highest BCUT2D eigenvalue weighted by Gasteiger charge is 2.23. The van der Waals surface area contributed by atoms with Crippen molar-refractivity contribution in [3.05, 3.63) is 65.7 Å². The Bertz CT molecular complexity index is 1210. The Balaban J connectivity index is 1.81. The maximum atomic E-state index is 12.9. The molecule has 0 saturated carbocycles. The van der Waals surface area contributed by atoms with Crippen molar-refractivity contribution in [3.63, 3.8) is 0 Å². The number of nitrogens with zero attached hydrogens (tertiary/aromatic N) is 4. The Morgan fingerprint density at radius 2 is 1.77 bits per heavy atom. The van der Waals surface area contributed by atoms with Crippen LogP contribution in [-0.4, -0.2) is 33.3 Å². The van der Waals surface area contributed by atoms with Gasteiger partial charge in [-0.25, -0.2) is 9.97 Å². The number of benzene rings is 2. The molecule has 4 aromatic rings. The van der Waals surface area contributed by atoms with E-state index in [-0.39, 0.29) is 11.7 Å². The first-order valence-electron chi connectivity index (χ1n) is 10.1. The summed E-state index contributed by atoms with van der Waals surface area (Å²) in [4.78, 5) is 22.3. The van der Waals surface area contributed by atoms with Gasteiger partial charge in [-0.3, -0.25) is 4.79 Å². The van der Waals surface area contributed by atoms with Crippen LogP contribution in [0.25, 0.3) is 22.2 Å². The van der Waals surface area contributed by atoms with Crippen LogP contribution in [0.5, 0.6) is 0 Å². The van der Waals surface area contributed by atoms with E-state index in [2.05, 4.69) is 22.3 Å². The summed E-state index contributed by atoms with van der Waals surface area (Å²) in [5.41, 5.74) is 9.93. The van der Waals surface area contributed by atoms with E-state index in [1.54, 1.807) is 6.21 Å². The van der Waals surface area contributed by atoms with E-state index in [0.717, 1.165) is 24.8 Å². The Morgan fingerprint density at radius 1 is 1.07 bits per heavy atom. The fourth-order valence-corrected chi connectivity index (χ4v) is 3.32. The lowest BCUT2D eigenvalue weighted by Crippen LogP contribution is -2.25. The highest BCUT2D eigenvalue weighted by Crippen LogP contribution is 2.27. The van der Waals surface area contributed by atoms with Crippen LogP contribution in [0, 0.1) is 0 Å². The van der Waals surface area contributed by atoms with Crippen LogP contribution in [0.2, 0.25) is 0 Å². The van der Waals surface area contributed by atoms with Gasteiger partial charge in [-0.2, -0.15) is 9.78 Å². The minimum absolute atomic E-state index is 0.223. The summed E-state index contributed by atoms with van der Waals surface area (Å²) in [5.74, 6) is -0.0349. The highest BCUT2D eigenvalue weighted by molar-refractivity contribution is 6.10. The minimum atomic E-state index is -0.258. The molecule has 0 aliphatic heterocycles. The van der Waals surface area contributed by atoms with Gasteiger partial charge < -0.3 is 11.1 Å². The molecule has 0 aliphatic rings. The number of rotatable bonds is 7. The maximum Gasteiger partial charge on any atom is 0.257 e. The van der Waals surface area contributed by atoms with Gasteiger partial charge in [0.05, 0.1) is 17.2 Å². The Morgan fingerprint density at radius 3 is 2.50 bits per heavy atom. The van der Waals surface area contributed by atoms with Crippen LogP contribution in [0.1, 0.15) is 42.1 Å². The minimum Gasteiger partial charge on any atom is -0.383 e. The van der Waals surface area contributed by atoms with Crippen LogP contribution in [0.3, 0.4) is 0 Å². The number of carbonyl (C=O) groups is 1. The zero-order valence-electron chi connectivity index (χ0n) is 16.9. The standard InChI is InChI=1S/C23H24N6O/c1-2-3-9-14-25-23(30)19-20-22(28-18-13-8-7-12-17(18)27-20)29(21(19)24)26-15-16-10-5-4-6-11-16/h4-8,10-13,15H,2-3,9,14,24H2,1H3,(H,25,30)/b26-15-. The third-order valence-electron chi connectivity index (χ3n) is 4.89. The molecular weight excluding hydrogens is 376 g/mol. The van der Waals surface area contributed by atoms with E-state index >= 15 is 0 Å². The number of unbranched alkanes of at least 4 members (excludes halogenated alkanes) is 2. The first-order valence-corrected chi connectivity index (χ1v) is 10.1. The largest absolute Gasteiger partial charge is 0.383 e. The van der Waals surface area contributed by atoms with E-state index in [9.17, 15) is 4.79 Å². The van der Waals surface area contributed by atoms with Gasteiger partial charge in [0.2, 0.25) is 0 Å². The zero-order valence-corrected chi connectivity index (χ0v) is 16.9. The molecule has 7 heteroatoms. The molecule has 152 valence electrons. The molecule has 0 unspecified atom stereocenters. The molecule has 0 atom stereocenters. The van der Waals surface area contributed by atoms with Gasteiger partial charge in [0.1, 0.15) is 16.9 Å². The van der Waals surface area contributed by atoms with Gasteiger partial charge in [-0.05, 0) is 24.1 Å². The van der Waals surface area contributed by atoms with Crippen LogP contribution in [-0.2, 0) is 0 Å². The van der Waals surface area contributed by atoms with Gasteiger partial charge in [-0.15, -0.1) is 0 Å². The molecule has 0 aliphatic carbocycles. The molecule has 3 N–H and O–H groups in total. The molecule has 7 nitrogen and oxygen atoms in total. The van der Waals surface area contributed by atoms with E-state index in [1.165, 1.54) is 4.68 Å². The molecule has 4 rings (SSSR count). The van der Waals surface area contributed by atoms with Gasteiger partial charge >= 0.3 is 0 Å². The summed E-state index contributed by atoms with van der Waals surface area (Å²) >= 11 is 0. The summed E-state index contributed by atoms with van der Waals surface area (Å²) in [5, 5.41) is 7.46. The third-order valence-corrected chi connectivity index (χ3v) is 4.89. The Labute approximate surface area is 174 Å². The second-order valence-electron chi connectivity index (χ2n) is 7.07. The molecule has 2 aromatic heterocycles. The second-order valence-corrected chi connectivity index (χ2v) is 7.07. The second kappa shape index (κ2) is 8.73. The number of nitrogens with two attached hydrogens (primary N) is 1. The fraction of sp³-hybridized carbons (Fsp3) is 0.217. The lowest BCUT2D eigenvalue weighted by molar-refractivity contribution is 0.0955. The van der Waals surface area contributed by atoms with Crippen molar-refractivity contribution in [2.75, 3.05) is 12.3 Å². The molecule has 2 aromatic carbocycles. The normalized spacial score (nSPS) is 11.5. The highest BCUT2D eigenvalue weighted by atomic mass is 16.1. The molecule has 1 amide bonds. The molecule has 2 heterocycles. The summed E-state index contributed by atoms with van der Waals surface area (Å²) in [6.07, 6.45) is 4.75. The van der Waals surface area contributed by atoms with Crippen LogP contribution in [0.4, 0.5) is 5.82 Å². The van der Waals surface area contributed by atoms with Gasteiger partial charge in [-0.1, -0.05) is 62.2 Å². The molecule has 30 heavy (non-hydrogen) atoms. The first kappa shape index (κ1) is 19.6. The number of nitrogen functional groups attached to an aromatic ring is 1. The predicted molar refractivity (Wildman–Crippen MR) is 121 cm³/mol. The fourth-order valence-electron chi connectivity index (χ4n) is 3.32. The molecular formula is C23H24N6O. The summed E-state index contributed by atoms with van der Waals surface area (Å²) < 4.78 is 1.49. The topological polar surface area (TPSA) is 98.2 Å². The van der Waals surface area contributed by atoms with E-state index in [1.807, 2.05) is 54.6 Å². The Kier molecular flexibility index (Phi) is 5.70. The number of para-hydroxylation sites is 2. The lowest BCUT2D eigenvalue weighted by atomic mass is 10.2. The SMILES string of the molecule is CCCCCNC(=O)c1c(N)n(/N=C\c2ccccc2)c2nc3ccccc3nc12. The number of aromatic nitrogens is 3. The Hall–Kier alpha value is -3.74. The van der Waals surface area contributed by atoms with Crippen molar-refractivity contribution in [3.8, 4) is 0 Å². The molecule has 0 spiro atoms. The molecule has 0 fully saturated rings. The average molecular weight is 400 g/mol. The number of anilines is 1. The molecule has 0 saturated heterocycles. The monoisotopic (exact) mass is 400 g/mol. The van der Waals surface area contributed by atoms with Crippen molar-refractivity contribution in [2.45, 2.75) is 26.2 Å². The third kappa shape index (κ3) is 3.87. The number of hydrogen-bond acceptors (Lipinski definition) is 5. The number of fused-ring (bicyclic) bond motifs is 2. The van der Waals surface area contributed by atoms with Crippen molar-refractivity contribution >= 4 is 40.1 Å². The molecule has 0 bridgehead atoms. The number of carbonyl (C=O) groups excluding carboxylic acids is 1. The summed E-state index contributed by atoms with van der Waals surface area (Å²) in [6.45, 7) is 2.71. The van der Waals surface area contributed by atoms with Crippen molar-refractivity contribution in [2.24, 2.45) is 5.10 Å². The number of nitrogens with one attached hydrogen (secondary N) is 1. The quantitative estimate of drug-likeness (QED) is 0.362. The van der Waals surface area contributed by atoms with Crippen LogP contribution in [0.15, 0.2) is 59.7 Å². The zero-order chi connectivity index (χ0) is 20.9. The van der Waals surface area contributed by atoms with Crippen molar-refractivity contribution < 1.29 is 4.79 Å². The van der Waals surface area contributed by atoms with E-state index in [0.29, 0.717) is 34.3 Å². The smallest absolute Gasteiger partial charge is 0.257 e. The maximum absolute atomic E-state index is 12.9. The molecule has 0 radical (unpaired) electrons. The van der Waals surface area contributed by atoms with Gasteiger partial charge in [0.15, 0.2) is 5.65 Å². The van der Waals surface area contributed by atoms with Crippen LogP contribution >= 0.6 is 0 Å². The van der Waals surface area contributed by atoms with Crippen molar-refractivity contribution in [1.29, 1.82) is 0 Å².